The molecule has 0 aliphatic heterocycles. The van der Waals surface area contributed by atoms with Gasteiger partial charge in [-0.05, 0) is 109 Å². The van der Waals surface area contributed by atoms with Gasteiger partial charge in [-0.1, -0.05) is 166 Å². The smallest absolute Gasteiger partial charge is 0.136 e. The third-order valence-corrected chi connectivity index (χ3v) is 12.1. The van der Waals surface area contributed by atoms with Crippen molar-refractivity contribution < 1.29 is 4.42 Å². The van der Waals surface area contributed by atoms with Crippen LogP contribution < -0.4 is 4.90 Å². The fourth-order valence-corrected chi connectivity index (χ4v) is 9.30. The van der Waals surface area contributed by atoms with E-state index in [1.165, 1.54) is 55.3 Å². The molecule has 0 spiro atoms. The van der Waals surface area contributed by atoms with Gasteiger partial charge in [-0.25, -0.2) is 0 Å². The number of nitrogens with zero attached hydrogens (tertiary/aromatic N) is 1. The Hall–Kier alpha value is -7.16. The Morgan fingerprint density at radius 1 is 0.386 bits per heavy atom. The molecule has 0 bridgehead atoms. The van der Waals surface area contributed by atoms with Crippen molar-refractivity contribution in [2.75, 3.05) is 4.90 Å². The minimum absolute atomic E-state index is 0.0927. The van der Waals surface area contributed by atoms with Crippen molar-refractivity contribution in [1.29, 1.82) is 0 Å². The molecule has 9 aromatic carbocycles. The van der Waals surface area contributed by atoms with Crippen LogP contribution in [0.25, 0.3) is 77.2 Å². The summed E-state index contributed by atoms with van der Waals surface area (Å²) in [4.78, 5) is 2.43. The molecular formula is C55H39NO. The number of hydrogen-bond acceptors (Lipinski definition) is 2. The maximum atomic E-state index is 6.28. The van der Waals surface area contributed by atoms with Gasteiger partial charge in [-0.15, -0.1) is 0 Å². The van der Waals surface area contributed by atoms with Crippen LogP contribution >= 0.6 is 0 Å². The molecule has 0 fully saturated rings. The van der Waals surface area contributed by atoms with Gasteiger partial charge in [0.25, 0.3) is 0 Å². The summed E-state index contributed by atoms with van der Waals surface area (Å²) < 4.78 is 6.28. The van der Waals surface area contributed by atoms with Gasteiger partial charge in [0, 0.05) is 33.1 Å². The number of rotatable bonds is 6. The number of benzene rings is 9. The lowest BCUT2D eigenvalue weighted by Crippen LogP contribution is -2.14. The molecule has 57 heavy (non-hydrogen) atoms. The fraction of sp³-hybridized carbons (Fsp3) is 0.0545. The summed E-state index contributed by atoms with van der Waals surface area (Å²) >= 11 is 0. The first-order valence-corrected chi connectivity index (χ1v) is 19.8. The monoisotopic (exact) mass is 729 g/mol. The molecule has 10 aromatic rings. The Balaban J connectivity index is 1.09. The van der Waals surface area contributed by atoms with Gasteiger partial charge in [0.1, 0.15) is 11.2 Å². The highest BCUT2D eigenvalue weighted by atomic mass is 16.3. The average Bonchev–Trinajstić information content (AvgIpc) is 3.75. The van der Waals surface area contributed by atoms with Gasteiger partial charge >= 0.3 is 0 Å². The van der Waals surface area contributed by atoms with E-state index in [0.717, 1.165) is 50.1 Å². The van der Waals surface area contributed by atoms with Crippen LogP contribution in [0.5, 0.6) is 0 Å². The molecule has 1 heterocycles. The summed E-state index contributed by atoms with van der Waals surface area (Å²) in [5, 5.41) is 4.76. The van der Waals surface area contributed by atoms with Crippen LogP contribution in [0.2, 0.25) is 0 Å². The van der Waals surface area contributed by atoms with E-state index in [2.05, 4.69) is 207 Å². The van der Waals surface area contributed by atoms with Gasteiger partial charge in [-0.2, -0.15) is 0 Å². The normalized spacial score (nSPS) is 12.9. The van der Waals surface area contributed by atoms with E-state index in [9.17, 15) is 0 Å². The summed E-state index contributed by atoms with van der Waals surface area (Å²) in [6, 6.07) is 72.7. The van der Waals surface area contributed by atoms with E-state index in [-0.39, 0.29) is 5.41 Å². The molecule has 0 saturated heterocycles. The zero-order valence-corrected chi connectivity index (χ0v) is 31.9. The van der Waals surface area contributed by atoms with Crippen LogP contribution in [0.4, 0.5) is 17.1 Å². The molecule has 1 aliphatic rings. The molecule has 11 rings (SSSR count). The second-order valence-electron chi connectivity index (χ2n) is 15.7. The highest BCUT2D eigenvalue weighted by Gasteiger charge is 2.37. The first kappa shape index (κ1) is 33.2. The SMILES string of the molecule is CC1(C)c2ccccc2-c2c(-c3ccccc3N(c3ccc(-c4ccc5c(c4)oc4ccccc45)cc3)c3cccc(-c4cccc5ccccc45)c3)cccc21. The van der Waals surface area contributed by atoms with Crippen molar-refractivity contribution in [3.05, 3.63) is 211 Å². The zero-order chi connectivity index (χ0) is 38.1. The van der Waals surface area contributed by atoms with Crippen molar-refractivity contribution in [3.8, 4) is 44.5 Å². The van der Waals surface area contributed by atoms with Gasteiger partial charge < -0.3 is 9.32 Å². The Morgan fingerprint density at radius 3 is 1.91 bits per heavy atom. The molecule has 0 saturated carbocycles. The number of para-hydroxylation sites is 2. The van der Waals surface area contributed by atoms with Gasteiger partial charge in [-0.3, -0.25) is 0 Å². The average molecular weight is 730 g/mol. The van der Waals surface area contributed by atoms with Crippen molar-refractivity contribution in [3.63, 3.8) is 0 Å². The quantitative estimate of drug-likeness (QED) is 0.169. The van der Waals surface area contributed by atoms with E-state index < -0.39 is 0 Å². The number of furan rings is 1. The van der Waals surface area contributed by atoms with E-state index in [0.29, 0.717) is 0 Å². The Bertz CT molecular complexity index is 3160. The molecule has 1 aromatic heterocycles. The number of fused-ring (bicyclic) bond motifs is 7. The molecule has 0 amide bonds. The van der Waals surface area contributed by atoms with E-state index in [1.54, 1.807) is 0 Å². The first-order valence-electron chi connectivity index (χ1n) is 19.8. The molecule has 2 heteroatoms. The molecule has 0 radical (unpaired) electrons. The third kappa shape index (κ3) is 5.33. The van der Waals surface area contributed by atoms with Gasteiger partial charge in [0.15, 0.2) is 0 Å². The molecule has 0 unspecified atom stereocenters. The topological polar surface area (TPSA) is 16.4 Å². The molecular weight excluding hydrogens is 691 g/mol. The molecule has 1 aliphatic carbocycles. The van der Waals surface area contributed by atoms with E-state index >= 15 is 0 Å². The predicted octanol–water partition coefficient (Wildman–Crippen LogP) is 15.5. The fourth-order valence-electron chi connectivity index (χ4n) is 9.30. The van der Waals surface area contributed by atoms with E-state index in [4.69, 9.17) is 4.42 Å². The lowest BCUT2D eigenvalue weighted by Gasteiger charge is -2.29. The highest BCUT2D eigenvalue weighted by Crippen LogP contribution is 2.54. The van der Waals surface area contributed by atoms with E-state index in [1.807, 2.05) is 12.1 Å². The standard InChI is InChI=1S/C55H39NO/c1-55(2)49-24-8-5-21-48(49)54-47(23-13-25-50(54)55)44-19-6-9-26-51(44)56(41-17-11-16-39(34-41)43-22-12-15-37-14-3-4-18-42(37)43)40-31-28-36(29-32-40)38-30-33-46-45-20-7-10-27-52(45)57-53(46)35-38/h3-35H,1-2H3. The molecule has 0 N–H and O–H groups in total. The van der Waals surface area contributed by atoms with Crippen LogP contribution in [-0.4, -0.2) is 0 Å². The summed E-state index contributed by atoms with van der Waals surface area (Å²) in [6.45, 7) is 4.71. The zero-order valence-electron chi connectivity index (χ0n) is 31.9. The summed E-state index contributed by atoms with van der Waals surface area (Å²) in [5.41, 5.74) is 17.5. The largest absolute Gasteiger partial charge is 0.456 e. The maximum absolute atomic E-state index is 6.28. The third-order valence-electron chi connectivity index (χ3n) is 12.1. The second kappa shape index (κ2) is 13.0. The Morgan fingerprint density at radius 2 is 1.02 bits per heavy atom. The minimum Gasteiger partial charge on any atom is -0.456 e. The van der Waals surface area contributed by atoms with Crippen LogP contribution in [0.3, 0.4) is 0 Å². The van der Waals surface area contributed by atoms with Crippen LogP contribution in [0, 0.1) is 0 Å². The summed E-state index contributed by atoms with van der Waals surface area (Å²) in [6.07, 6.45) is 0. The number of hydrogen-bond donors (Lipinski definition) is 0. The van der Waals surface area contributed by atoms with Gasteiger partial charge in [0.05, 0.1) is 5.69 Å². The van der Waals surface area contributed by atoms with Crippen molar-refractivity contribution >= 4 is 49.8 Å². The van der Waals surface area contributed by atoms with Gasteiger partial charge in [0.2, 0.25) is 0 Å². The van der Waals surface area contributed by atoms with Crippen LogP contribution in [0.1, 0.15) is 25.0 Å². The number of anilines is 3. The maximum Gasteiger partial charge on any atom is 0.136 e. The van der Waals surface area contributed by atoms with Crippen LogP contribution in [-0.2, 0) is 5.41 Å². The summed E-state index contributed by atoms with van der Waals surface area (Å²) in [7, 11) is 0. The van der Waals surface area contributed by atoms with Crippen LogP contribution in [0.15, 0.2) is 205 Å². The second-order valence-corrected chi connectivity index (χ2v) is 15.7. The highest BCUT2D eigenvalue weighted by molar-refractivity contribution is 6.06. The first-order chi connectivity index (χ1) is 28.0. The Labute approximate surface area is 332 Å². The molecule has 2 nitrogen and oxygen atoms in total. The lowest BCUT2D eigenvalue weighted by molar-refractivity contribution is 0.660. The molecule has 270 valence electrons. The lowest BCUT2D eigenvalue weighted by atomic mass is 9.82. The van der Waals surface area contributed by atoms with Crippen molar-refractivity contribution in [1.82, 2.24) is 0 Å². The van der Waals surface area contributed by atoms with Crippen molar-refractivity contribution in [2.24, 2.45) is 0 Å². The molecule has 0 atom stereocenters. The Kier molecular flexibility index (Phi) is 7.55. The predicted molar refractivity (Wildman–Crippen MR) is 240 cm³/mol. The summed E-state index contributed by atoms with van der Waals surface area (Å²) in [5.74, 6) is 0. The van der Waals surface area contributed by atoms with Crippen molar-refractivity contribution in [2.45, 2.75) is 19.3 Å². The minimum atomic E-state index is -0.0927.